The van der Waals surface area contributed by atoms with Gasteiger partial charge in [0, 0.05) is 38.5 Å². The van der Waals surface area contributed by atoms with E-state index in [2.05, 4.69) is 10.6 Å². The number of hydrogen-bond donors (Lipinski definition) is 2. The van der Waals surface area contributed by atoms with E-state index in [4.69, 9.17) is 9.47 Å². The van der Waals surface area contributed by atoms with Crippen LogP contribution in [0.2, 0.25) is 0 Å². The minimum atomic E-state index is -0.589. The second-order valence-electron chi connectivity index (χ2n) is 8.58. The summed E-state index contributed by atoms with van der Waals surface area (Å²) in [5.41, 5.74) is -1.14. The number of hydrogen-bond acceptors (Lipinski definition) is 5. The summed E-state index contributed by atoms with van der Waals surface area (Å²) in [5, 5.41) is 5.45. The van der Waals surface area contributed by atoms with Gasteiger partial charge in [-0.1, -0.05) is 0 Å². The third kappa shape index (κ3) is 9.48. The van der Waals surface area contributed by atoms with Gasteiger partial charge in [-0.15, -0.1) is 0 Å². The number of amides is 3. The van der Waals surface area contributed by atoms with Crippen LogP contribution in [0.1, 0.15) is 54.4 Å². The van der Waals surface area contributed by atoms with Crippen molar-refractivity contribution in [2.75, 3.05) is 26.2 Å². The summed E-state index contributed by atoms with van der Waals surface area (Å²) in [6, 6.07) is 0. The molecule has 0 saturated carbocycles. The Labute approximate surface area is 156 Å². The number of carbonyl (C=O) groups excluding carboxylic acids is 3. The fourth-order valence-electron chi connectivity index (χ4n) is 2.46. The first kappa shape index (κ1) is 22.1. The summed E-state index contributed by atoms with van der Waals surface area (Å²) in [7, 11) is 0. The van der Waals surface area contributed by atoms with Gasteiger partial charge >= 0.3 is 12.2 Å². The zero-order chi connectivity index (χ0) is 20.0. The van der Waals surface area contributed by atoms with Crippen molar-refractivity contribution in [3.05, 3.63) is 0 Å². The average Bonchev–Trinajstić information content (AvgIpc) is 2.83. The zero-order valence-corrected chi connectivity index (χ0v) is 16.8. The molecule has 0 aliphatic carbocycles. The van der Waals surface area contributed by atoms with Crippen molar-refractivity contribution in [2.45, 2.75) is 65.6 Å². The molecule has 8 heteroatoms. The monoisotopic (exact) mass is 371 g/mol. The molecular formula is C18H33N3O5. The van der Waals surface area contributed by atoms with E-state index in [1.807, 2.05) is 20.8 Å². The highest BCUT2D eigenvalue weighted by atomic mass is 16.6. The molecule has 0 bridgehead atoms. The molecule has 2 N–H and O–H groups in total. The lowest BCUT2D eigenvalue weighted by Gasteiger charge is -2.29. The fraction of sp³-hybridized carbons (Fsp3) is 0.833. The third-order valence-corrected chi connectivity index (χ3v) is 3.47. The minimum absolute atomic E-state index is 0.00531. The first-order valence-electron chi connectivity index (χ1n) is 9.07. The van der Waals surface area contributed by atoms with Crippen LogP contribution in [0.3, 0.4) is 0 Å². The molecule has 1 rings (SSSR count). The maximum Gasteiger partial charge on any atom is 0.410 e. The quantitative estimate of drug-likeness (QED) is 0.698. The SMILES string of the molecule is CC(C)(C)OC(=O)NCCCN(C[C@@H]1CNC(=O)C1)C(=O)OC(C)(C)C. The number of nitrogens with one attached hydrogen (secondary N) is 2. The van der Waals surface area contributed by atoms with Crippen LogP contribution in [-0.4, -0.2) is 60.4 Å². The second-order valence-corrected chi connectivity index (χ2v) is 8.58. The Morgan fingerprint density at radius 2 is 1.77 bits per heavy atom. The van der Waals surface area contributed by atoms with Crippen LogP contribution in [0, 0.1) is 5.92 Å². The molecule has 0 spiro atoms. The fourth-order valence-corrected chi connectivity index (χ4v) is 2.46. The van der Waals surface area contributed by atoms with E-state index >= 15 is 0 Å². The maximum absolute atomic E-state index is 12.4. The van der Waals surface area contributed by atoms with Crippen LogP contribution < -0.4 is 10.6 Å². The number of rotatable bonds is 6. The highest BCUT2D eigenvalue weighted by Crippen LogP contribution is 2.15. The average molecular weight is 371 g/mol. The molecule has 0 aromatic rings. The van der Waals surface area contributed by atoms with Gasteiger partial charge in [0.1, 0.15) is 11.2 Å². The minimum Gasteiger partial charge on any atom is -0.444 e. The Morgan fingerprint density at radius 3 is 2.27 bits per heavy atom. The van der Waals surface area contributed by atoms with E-state index in [-0.39, 0.29) is 11.8 Å². The molecule has 1 atom stereocenters. The van der Waals surface area contributed by atoms with E-state index in [0.717, 1.165) is 0 Å². The molecule has 0 unspecified atom stereocenters. The summed E-state index contributed by atoms with van der Waals surface area (Å²) < 4.78 is 10.6. The first-order chi connectivity index (χ1) is 11.9. The van der Waals surface area contributed by atoms with E-state index in [1.165, 1.54) is 0 Å². The van der Waals surface area contributed by atoms with E-state index in [0.29, 0.717) is 39.0 Å². The topological polar surface area (TPSA) is 97.0 Å². The Balaban J connectivity index is 2.49. The number of ether oxygens (including phenoxy) is 2. The smallest absolute Gasteiger partial charge is 0.410 e. The molecule has 8 nitrogen and oxygen atoms in total. The van der Waals surface area contributed by atoms with Crippen LogP contribution >= 0.6 is 0 Å². The summed E-state index contributed by atoms with van der Waals surface area (Å²) >= 11 is 0. The van der Waals surface area contributed by atoms with Gasteiger partial charge in [-0.3, -0.25) is 4.79 Å². The Kier molecular flexibility index (Phi) is 7.71. The Bertz CT molecular complexity index is 508. The molecule has 1 aliphatic heterocycles. The lowest BCUT2D eigenvalue weighted by molar-refractivity contribution is -0.119. The van der Waals surface area contributed by atoms with Crippen molar-refractivity contribution < 1.29 is 23.9 Å². The van der Waals surface area contributed by atoms with Crippen LogP contribution in [0.5, 0.6) is 0 Å². The Morgan fingerprint density at radius 1 is 1.15 bits per heavy atom. The molecule has 1 aliphatic rings. The predicted octanol–water partition coefficient (Wildman–Crippen LogP) is 2.27. The van der Waals surface area contributed by atoms with Crippen LogP contribution in [0.25, 0.3) is 0 Å². The van der Waals surface area contributed by atoms with Crippen molar-refractivity contribution in [1.29, 1.82) is 0 Å². The molecule has 0 aromatic heterocycles. The van der Waals surface area contributed by atoms with Crippen molar-refractivity contribution in [2.24, 2.45) is 5.92 Å². The van der Waals surface area contributed by atoms with Crippen LogP contribution in [-0.2, 0) is 14.3 Å². The third-order valence-electron chi connectivity index (χ3n) is 3.47. The molecule has 26 heavy (non-hydrogen) atoms. The largest absolute Gasteiger partial charge is 0.444 e. The van der Waals surface area contributed by atoms with Crippen molar-refractivity contribution in [1.82, 2.24) is 15.5 Å². The number of carbonyl (C=O) groups is 3. The number of alkyl carbamates (subject to hydrolysis) is 1. The van der Waals surface area contributed by atoms with Gasteiger partial charge in [0.25, 0.3) is 0 Å². The highest BCUT2D eigenvalue weighted by Gasteiger charge is 2.28. The van der Waals surface area contributed by atoms with Gasteiger partial charge in [0.2, 0.25) is 5.91 Å². The van der Waals surface area contributed by atoms with Gasteiger partial charge in [0.05, 0.1) is 0 Å². The summed E-state index contributed by atoms with van der Waals surface area (Å²) in [6.45, 7) is 12.7. The van der Waals surface area contributed by atoms with Crippen LogP contribution in [0.4, 0.5) is 9.59 Å². The lowest BCUT2D eigenvalue weighted by Crippen LogP contribution is -2.41. The molecule has 0 aromatic carbocycles. The summed E-state index contributed by atoms with van der Waals surface area (Å²) in [4.78, 5) is 37.1. The summed E-state index contributed by atoms with van der Waals surface area (Å²) in [6.07, 6.45) is 0.0863. The van der Waals surface area contributed by atoms with Crippen molar-refractivity contribution >= 4 is 18.1 Å². The normalized spacial score (nSPS) is 17.5. The highest BCUT2D eigenvalue weighted by molar-refractivity contribution is 5.78. The molecule has 1 saturated heterocycles. The van der Waals surface area contributed by atoms with Gasteiger partial charge in [-0.05, 0) is 48.0 Å². The summed E-state index contributed by atoms with van der Waals surface area (Å²) in [5.74, 6) is 0.0829. The standard InChI is InChI=1S/C18H33N3O5/c1-17(2,3)25-15(23)19-8-7-9-21(16(24)26-18(4,5)6)12-13-10-14(22)20-11-13/h13H,7-12H2,1-6H3,(H,19,23)(H,20,22)/t13-/m0/s1. The Hall–Kier alpha value is -1.99. The van der Waals surface area contributed by atoms with Gasteiger partial charge < -0.3 is 25.0 Å². The maximum atomic E-state index is 12.4. The molecule has 1 fully saturated rings. The molecule has 150 valence electrons. The first-order valence-corrected chi connectivity index (χ1v) is 9.07. The number of nitrogens with zero attached hydrogens (tertiary/aromatic N) is 1. The van der Waals surface area contributed by atoms with Crippen LogP contribution in [0.15, 0.2) is 0 Å². The van der Waals surface area contributed by atoms with E-state index < -0.39 is 23.4 Å². The van der Waals surface area contributed by atoms with Gasteiger partial charge in [-0.25, -0.2) is 9.59 Å². The zero-order valence-electron chi connectivity index (χ0n) is 16.8. The lowest BCUT2D eigenvalue weighted by atomic mass is 10.1. The van der Waals surface area contributed by atoms with E-state index in [9.17, 15) is 14.4 Å². The molecular weight excluding hydrogens is 338 g/mol. The van der Waals surface area contributed by atoms with E-state index in [1.54, 1.807) is 25.7 Å². The van der Waals surface area contributed by atoms with Gasteiger partial charge in [0.15, 0.2) is 0 Å². The second kappa shape index (κ2) is 9.09. The van der Waals surface area contributed by atoms with Gasteiger partial charge in [-0.2, -0.15) is 0 Å². The predicted molar refractivity (Wildman–Crippen MR) is 97.8 cm³/mol. The van der Waals surface area contributed by atoms with Crippen molar-refractivity contribution in [3.63, 3.8) is 0 Å². The molecule has 1 heterocycles. The molecule has 0 radical (unpaired) electrons. The molecule has 3 amide bonds. The van der Waals surface area contributed by atoms with Crippen molar-refractivity contribution in [3.8, 4) is 0 Å².